The van der Waals surface area contributed by atoms with Gasteiger partial charge in [-0.15, -0.1) is 0 Å². The summed E-state index contributed by atoms with van der Waals surface area (Å²) in [6, 6.07) is 5.87. The van der Waals surface area contributed by atoms with E-state index in [9.17, 15) is 24.0 Å². The Morgan fingerprint density at radius 2 is 1.47 bits per heavy atom. The number of nitro groups is 1. The topological polar surface area (TPSA) is 220 Å². The summed E-state index contributed by atoms with van der Waals surface area (Å²) in [5.41, 5.74) is 0.667. The number of nitrogens with one attached hydrogen (secondary N) is 1. The normalized spacial score (nSPS) is 15.2. The van der Waals surface area contributed by atoms with Gasteiger partial charge in [0.15, 0.2) is 18.4 Å². The Hall–Kier alpha value is -0.630. The van der Waals surface area contributed by atoms with E-state index in [1.54, 1.807) is 0 Å². The molecule has 15 nitrogen and oxygen atoms in total. The number of fused-ring (bicyclic) bond motifs is 1. The third-order valence-corrected chi connectivity index (χ3v) is 6.88. The maximum absolute atomic E-state index is 13.7. The van der Waals surface area contributed by atoms with Crippen LogP contribution >= 0.6 is 31.9 Å². The molecule has 1 saturated heterocycles. The van der Waals surface area contributed by atoms with Crippen molar-refractivity contribution in [3.8, 4) is 0 Å². The van der Waals surface area contributed by atoms with Gasteiger partial charge in [0.25, 0.3) is 0 Å². The van der Waals surface area contributed by atoms with Crippen LogP contribution in [-0.2, 0) is 34.6 Å². The van der Waals surface area contributed by atoms with E-state index in [0.29, 0.717) is 25.8 Å². The van der Waals surface area contributed by atoms with Gasteiger partial charge in [0, 0.05) is 21.0 Å². The van der Waals surface area contributed by atoms with Gasteiger partial charge in [-0.3, -0.25) is 10.1 Å². The Morgan fingerprint density at radius 3 is 1.85 bits per heavy atom. The molecule has 1 aliphatic rings. The first-order valence-electron chi connectivity index (χ1n) is 13.5. The van der Waals surface area contributed by atoms with E-state index in [4.69, 9.17) is 27.0 Å². The summed E-state index contributed by atoms with van der Waals surface area (Å²) < 4.78 is 75.4. The summed E-state index contributed by atoms with van der Waals surface area (Å²) in [4.78, 5) is 14.0. The Kier molecular flexibility index (Phi) is 23.4. The molecule has 4 N–H and O–H groups in total. The van der Waals surface area contributed by atoms with E-state index in [1.165, 1.54) is 55.8 Å². The molecule has 2 aromatic carbocycles. The van der Waals surface area contributed by atoms with Crippen LogP contribution < -0.4 is 5.32 Å². The zero-order valence-corrected chi connectivity index (χ0v) is 34.8. The summed E-state index contributed by atoms with van der Waals surface area (Å²) in [6.07, 6.45) is -1.73. The molecule has 0 aliphatic carbocycles. The van der Waals surface area contributed by atoms with Crippen LogP contribution in [0.4, 0.5) is 20.2 Å². The molecule has 2 heterocycles. The van der Waals surface area contributed by atoms with Gasteiger partial charge < -0.3 is 34.7 Å². The molecule has 0 amide bonds. The monoisotopic (exact) mass is 856 g/mol. The predicted octanol–water partition coefficient (Wildman–Crippen LogP) is 2.90. The zero-order valence-electron chi connectivity index (χ0n) is 26.0. The van der Waals surface area contributed by atoms with Gasteiger partial charge in [-0.05, 0) is 52.0 Å². The summed E-state index contributed by atoms with van der Waals surface area (Å²) in [5, 5.41) is 39.8. The van der Waals surface area contributed by atoms with E-state index < -0.39 is 47.5 Å². The number of rotatable bonds is 5. The molecule has 1 aromatic heterocycles. The average molecular weight is 858 g/mol. The van der Waals surface area contributed by atoms with Gasteiger partial charge >= 0.3 is 67.8 Å². The van der Waals surface area contributed by atoms with Crippen LogP contribution in [-0.4, -0.2) is 122 Å². The molecule has 0 saturated carbocycles. The van der Waals surface area contributed by atoms with Crippen molar-refractivity contribution in [3.05, 3.63) is 60.8 Å². The SMILES string of the molecule is CC(C)Nc1cc(Br)cc(F)c1[N+](=O)[O-].CC(C)n1c(CO)nc2c(F)cc(Br)cc21.O=S(=O)=S(=O)=O.OC1COC(O)CO1.[Na][Na]. The van der Waals surface area contributed by atoms with Gasteiger partial charge in [-0.25, -0.2) is 9.37 Å². The summed E-state index contributed by atoms with van der Waals surface area (Å²) >= 11 is 9.23. The molecule has 47 heavy (non-hydrogen) atoms. The molecule has 0 radical (unpaired) electrons. The van der Waals surface area contributed by atoms with Crippen LogP contribution in [0, 0.1) is 21.7 Å². The number of anilines is 1. The van der Waals surface area contributed by atoms with E-state index in [2.05, 4.69) is 51.6 Å². The second kappa shape index (κ2) is 23.7. The Labute approximate surface area is 316 Å². The second-order valence-corrected chi connectivity index (χ2v) is 13.5. The van der Waals surface area contributed by atoms with Crippen LogP contribution in [0.1, 0.15) is 39.6 Å². The van der Waals surface area contributed by atoms with Crippen molar-refractivity contribution in [1.82, 2.24) is 9.55 Å². The molecule has 254 valence electrons. The van der Waals surface area contributed by atoms with Gasteiger partial charge in [0.05, 0.1) is 10.4 Å². The summed E-state index contributed by atoms with van der Waals surface area (Å²) in [7, 11) is -5.90. The van der Waals surface area contributed by atoms with Crippen LogP contribution in [0.5, 0.6) is 0 Å². The van der Waals surface area contributed by atoms with Crippen LogP contribution in [0.3, 0.4) is 0 Å². The van der Waals surface area contributed by atoms with Gasteiger partial charge in [0.1, 0.15) is 36.8 Å². The molecule has 1 aliphatic heterocycles. The number of nitro benzene ring substituents is 1. The second-order valence-electron chi connectivity index (χ2n) is 9.23. The number of hydrogen-bond acceptors (Lipinski definition) is 13. The molecule has 3 aromatic rings. The van der Waals surface area contributed by atoms with Crippen molar-refractivity contribution in [1.29, 1.82) is 0 Å². The maximum atomic E-state index is 13.7. The number of ether oxygens (including phenoxy) is 2. The minimum atomic E-state index is -2.95. The molecule has 23 heteroatoms. The number of benzene rings is 2. The van der Waals surface area contributed by atoms with Crippen molar-refractivity contribution in [3.63, 3.8) is 0 Å². The molecule has 2 atom stereocenters. The van der Waals surface area contributed by atoms with E-state index in [-0.39, 0.29) is 43.4 Å². The number of hydrogen-bond donors (Lipinski definition) is 4. The van der Waals surface area contributed by atoms with E-state index in [0.717, 1.165) is 6.07 Å². The minimum absolute atomic E-state index is 0.00241. The first-order valence-corrected chi connectivity index (χ1v) is 25.8. The summed E-state index contributed by atoms with van der Waals surface area (Å²) in [5.74, 6) is -0.738. The quantitative estimate of drug-likeness (QED) is 0.165. The fraction of sp³-hybridized carbons (Fsp3) is 0.458. The van der Waals surface area contributed by atoms with Gasteiger partial charge in [-0.1, -0.05) is 31.9 Å². The Balaban J connectivity index is 0.000000629. The molecule has 4 rings (SSSR count). The first kappa shape index (κ1) is 46.4. The fourth-order valence-electron chi connectivity index (χ4n) is 3.51. The van der Waals surface area contributed by atoms with E-state index in [1.807, 2.05) is 38.3 Å². The Morgan fingerprint density at radius 1 is 1.00 bits per heavy atom. The number of imidazole rings is 1. The van der Waals surface area contributed by atoms with Crippen molar-refractivity contribution >= 4 is 116 Å². The number of halogens is 4. The average Bonchev–Trinajstić information content (AvgIpc) is 3.35. The van der Waals surface area contributed by atoms with Crippen molar-refractivity contribution in [2.24, 2.45) is 0 Å². The number of aromatic nitrogens is 2. The van der Waals surface area contributed by atoms with Crippen molar-refractivity contribution in [2.75, 3.05) is 18.5 Å². The summed E-state index contributed by atoms with van der Waals surface area (Å²) in [6.45, 7) is 7.51. The molecule has 0 spiro atoms. The van der Waals surface area contributed by atoms with Crippen molar-refractivity contribution < 1.29 is 55.3 Å². The number of nitrogens with zero attached hydrogens (tertiary/aromatic N) is 3. The zero-order chi connectivity index (χ0) is 36.6. The van der Waals surface area contributed by atoms with Gasteiger partial charge in [0.2, 0.25) is 5.82 Å². The molecular weight excluding hydrogens is 828 g/mol. The van der Waals surface area contributed by atoms with Crippen LogP contribution in [0.15, 0.2) is 33.2 Å². The third-order valence-electron chi connectivity index (χ3n) is 5.07. The molecule has 0 bridgehead atoms. The first-order chi connectivity index (χ1) is 21.9. The van der Waals surface area contributed by atoms with Crippen LogP contribution in [0.2, 0.25) is 0 Å². The molecular formula is C24H30Br2F2N4Na2O11S2. The molecule has 2 unspecified atom stereocenters. The van der Waals surface area contributed by atoms with E-state index >= 15 is 0 Å². The molecule has 1 fully saturated rings. The number of aliphatic hydroxyl groups is 3. The standard InChI is InChI=1S/C11H12BrFN2O.C9H10BrFN2O2.C4H8O4.2Na.O4S2/c1-6(2)15-9-4-7(12)3-8(13)11(9)14-10(15)5-16;1-5(2)12-8-4-6(10)3-7(11)9(8)13(14)15;5-3-1-7-4(6)2-8-3;;;1-5(2)6(3)4/h3-4,6,16H,5H2,1-2H3;3-5,12H,1-2H3;3-6H,1-2H2;;;. The number of aliphatic hydroxyl groups excluding tert-OH is 3. The fourth-order valence-corrected chi connectivity index (χ4v) is 4.36. The third kappa shape index (κ3) is 16.8. The Bertz CT molecular complexity index is 1670. The van der Waals surface area contributed by atoms with Crippen LogP contribution in [0.25, 0.3) is 11.0 Å². The van der Waals surface area contributed by atoms with Crippen molar-refractivity contribution in [2.45, 2.75) is 59.0 Å². The predicted molar refractivity (Wildman–Crippen MR) is 176 cm³/mol. The van der Waals surface area contributed by atoms with Gasteiger partial charge in [-0.2, -0.15) is 21.2 Å².